The number of hydrogen-bond acceptors (Lipinski definition) is 1. The highest BCUT2D eigenvalue weighted by Gasteiger charge is 2.35. The van der Waals surface area contributed by atoms with Crippen LogP contribution in [0, 0.1) is 5.41 Å². The molecule has 0 bridgehead atoms. The van der Waals surface area contributed by atoms with Crippen LogP contribution in [0.15, 0.2) is 24.3 Å². The summed E-state index contributed by atoms with van der Waals surface area (Å²) >= 11 is 0. The Morgan fingerprint density at radius 3 is 2.50 bits per heavy atom. The van der Waals surface area contributed by atoms with Gasteiger partial charge in [0.1, 0.15) is 0 Å². The molecular weight excluding hydrogens is 218 g/mol. The van der Waals surface area contributed by atoms with E-state index in [1.165, 1.54) is 56.1 Å². The van der Waals surface area contributed by atoms with E-state index in [0.29, 0.717) is 5.41 Å². The summed E-state index contributed by atoms with van der Waals surface area (Å²) in [5.74, 6) is 0.813. The van der Waals surface area contributed by atoms with Gasteiger partial charge in [0.25, 0.3) is 0 Å². The van der Waals surface area contributed by atoms with E-state index in [0.717, 1.165) is 5.92 Å². The zero-order chi connectivity index (χ0) is 12.6. The second kappa shape index (κ2) is 4.70. The molecule has 1 aromatic rings. The molecule has 1 aromatic carbocycles. The Morgan fingerprint density at radius 2 is 1.89 bits per heavy atom. The topological polar surface area (TPSA) is 26.0 Å². The molecule has 0 heterocycles. The van der Waals surface area contributed by atoms with Gasteiger partial charge < -0.3 is 5.73 Å². The molecule has 0 aliphatic heterocycles. The van der Waals surface area contributed by atoms with E-state index in [4.69, 9.17) is 5.73 Å². The molecule has 1 unspecified atom stereocenters. The minimum Gasteiger partial charge on any atom is -0.323 e. The lowest BCUT2D eigenvalue weighted by atomic mass is 9.75. The maximum absolute atomic E-state index is 6.56. The molecule has 1 heteroatoms. The smallest absolute Gasteiger partial charge is 0.0349 e. The van der Waals surface area contributed by atoms with E-state index in [-0.39, 0.29) is 6.04 Å². The Balaban J connectivity index is 1.82. The van der Waals surface area contributed by atoms with Gasteiger partial charge in [-0.05, 0) is 48.1 Å². The zero-order valence-corrected chi connectivity index (χ0v) is 11.5. The van der Waals surface area contributed by atoms with Gasteiger partial charge in [-0.15, -0.1) is 0 Å². The van der Waals surface area contributed by atoms with Gasteiger partial charge in [-0.25, -0.2) is 0 Å². The van der Waals surface area contributed by atoms with Crippen molar-refractivity contribution >= 4 is 0 Å². The summed E-state index contributed by atoms with van der Waals surface area (Å²) in [6.07, 6.45) is 9.44. The van der Waals surface area contributed by atoms with E-state index >= 15 is 0 Å². The average molecular weight is 243 g/mol. The first-order valence-electron chi connectivity index (χ1n) is 7.54. The van der Waals surface area contributed by atoms with Crippen LogP contribution in [0.3, 0.4) is 0 Å². The fourth-order valence-electron chi connectivity index (χ4n) is 3.64. The van der Waals surface area contributed by atoms with Crippen LogP contribution < -0.4 is 5.73 Å². The molecule has 0 amide bonds. The summed E-state index contributed by atoms with van der Waals surface area (Å²) in [5, 5.41) is 0. The van der Waals surface area contributed by atoms with Crippen molar-refractivity contribution in [1.82, 2.24) is 0 Å². The number of benzene rings is 1. The molecule has 2 aliphatic rings. The Bertz CT molecular complexity index is 413. The van der Waals surface area contributed by atoms with Crippen LogP contribution in [-0.2, 0) is 0 Å². The third-order valence-electron chi connectivity index (χ3n) is 5.34. The lowest BCUT2D eigenvalue weighted by Gasteiger charge is -2.33. The predicted molar refractivity (Wildman–Crippen MR) is 76.5 cm³/mol. The molecule has 0 aromatic heterocycles. The molecule has 1 atom stereocenters. The average Bonchev–Trinajstić information content (AvgIpc) is 2.75. The van der Waals surface area contributed by atoms with Gasteiger partial charge in [0.05, 0.1) is 0 Å². The Hall–Kier alpha value is -0.820. The quantitative estimate of drug-likeness (QED) is 0.829. The van der Waals surface area contributed by atoms with Crippen LogP contribution in [0.25, 0.3) is 0 Å². The van der Waals surface area contributed by atoms with Crippen LogP contribution >= 0.6 is 0 Å². The van der Waals surface area contributed by atoms with Crippen LogP contribution in [-0.4, -0.2) is 0 Å². The number of nitrogens with two attached hydrogens (primary N) is 1. The maximum atomic E-state index is 6.56. The van der Waals surface area contributed by atoms with Gasteiger partial charge in [0.2, 0.25) is 0 Å². The van der Waals surface area contributed by atoms with Crippen LogP contribution in [0.5, 0.6) is 0 Å². The number of rotatable bonds is 3. The molecule has 2 aliphatic carbocycles. The van der Waals surface area contributed by atoms with Crippen molar-refractivity contribution in [2.75, 3.05) is 0 Å². The first-order valence-corrected chi connectivity index (χ1v) is 7.54. The number of hydrogen-bond donors (Lipinski definition) is 1. The highest BCUT2D eigenvalue weighted by Crippen LogP contribution is 2.46. The van der Waals surface area contributed by atoms with Crippen molar-refractivity contribution in [2.45, 2.75) is 63.8 Å². The Kier molecular flexibility index (Phi) is 3.19. The van der Waals surface area contributed by atoms with Crippen molar-refractivity contribution in [3.05, 3.63) is 35.4 Å². The van der Waals surface area contributed by atoms with Gasteiger partial charge in [-0.1, -0.05) is 50.5 Å². The van der Waals surface area contributed by atoms with Crippen molar-refractivity contribution in [2.24, 2.45) is 11.1 Å². The fourth-order valence-corrected chi connectivity index (χ4v) is 3.64. The second-order valence-corrected chi connectivity index (χ2v) is 6.64. The van der Waals surface area contributed by atoms with Gasteiger partial charge in [0.15, 0.2) is 0 Å². The monoisotopic (exact) mass is 243 g/mol. The Labute approximate surface area is 111 Å². The molecule has 2 saturated carbocycles. The fraction of sp³-hybridized carbons (Fsp3) is 0.647. The summed E-state index contributed by atoms with van der Waals surface area (Å²) in [7, 11) is 0. The summed E-state index contributed by atoms with van der Waals surface area (Å²) in [5.41, 5.74) is 9.78. The standard InChI is InChI=1S/C17H25N/c1-17(10-2-3-11-17)16(18)15-9-5-8-14(12-15)13-6-4-7-13/h5,8-9,12-13,16H,2-4,6-7,10-11,18H2,1H3. The molecule has 3 rings (SSSR count). The van der Waals surface area contributed by atoms with E-state index in [9.17, 15) is 0 Å². The van der Waals surface area contributed by atoms with Gasteiger partial charge in [0, 0.05) is 6.04 Å². The summed E-state index contributed by atoms with van der Waals surface area (Å²) in [6, 6.07) is 9.34. The van der Waals surface area contributed by atoms with Crippen LogP contribution in [0.1, 0.15) is 75.0 Å². The van der Waals surface area contributed by atoms with Crippen LogP contribution in [0.2, 0.25) is 0 Å². The van der Waals surface area contributed by atoms with Gasteiger partial charge in [-0.3, -0.25) is 0 Å². The summed E-state index contributed by atoms with van der Waals surface area (Å²) in [4.78, 5) is 0. The summed E-state index contributed by atoms with van der Waals surface area (Å²) in [6.45, 7) is 2.38. The highest BCUT2D eigenvalue weighted by atomic mass is 14.7. The second-order valence-electron chi connectivity index (χ2n) is 6.64. The maximum Gasteiger partial charge on any atom is 0.0349 e. The molecule has 18 heavy (non-hydrogen) atoms. The molecular formula is C17H25N. The normalized spacial score (nSPS) is 24.8. The first-order chi connectivity index (χ1) is 8.69. The van der Waals surface area contributed by atoms with Crippen molar-refractivity contribution in [3.8, 4) is 0 Å². The molecule has 0 spiro atoms. The van der Waals surface area contributed by atoms with Gasteiger partial charge >= 0.3 is 0 Å². The van der Waals surface area contributed by atoms with E-state index in [2.05, 4.69) is 31.2 Å². The third-order valence-corrected chi connectivity index (χ3v) is 5.34. The first kappa shape index (κ1) is 12.2. The SMILES string of the molecule is CC1(C(N)c2cccc(C3CCC3)c2)CCCC1. The van der Waals surface area contributed by atoms with Crippen molar-refractivity contribution in [3.63, 3.8) is 0 Å². The third kappa shape index (κ3) is 2.09. The van der Waals surface area contributed by atoms with Gasteiger partial charge in [-0.2, -0.15) is 0 Å². The van der Waals surface area contributed by atoms with E-state index in [1.54, 1.807) is 0 Å². The Morgan fingerprint density at radius 1 is 1.17 bits per heavy atom. The lowest BCUT2D eigenvalue weighted by Crippen LogP contribution is -2.29. The predicted octanol–water partition coefficient (Wildman–Crippen LogP) is 4.53. The lowest BCUT2D eigenvalue weighted by molar-refractivity contribution is 0.265. The van der Waals surface area contributed by atoms with Crippen molar-refractivity contribution < 1.29 is 0 Å². The van der Waals surface area contributed by atoms with E-state index < -0.39 is 0 Å². The summed E-state index contributed by atoms with van der Waals surface area (Å²) < 4.78 is 0. The van der Waals surface area contributed by atoms with Crippen LogP contribution in [0.4, 0.5) is 0 Å². The highest BCUT2D eigenvalue weighted by molar-refractivity contribution is 5.30. The minimum atomic E-state index is 0.222. The molecule has 2 N–H and O–H groups in total. The zero-order valence-electron chi connectivity index (χ0n) is 11.5. The minimum absolute atomic E-state index is 0.222. The largest absolute Gasteiger partial charge is 0.323 e. The molecule has 0 radical (unpaired) electrons. The molecule has 0 saturated heterocycles. The molecule has 1 nitrogen and oxygen atoms in total. The van der Waals surface area contributed by atoms with Crippen molar-refractivity contribution in [1.29, 1.82) is 0 Å². The van der Waals surface area contributed by atoms with E-state index in [1.807, 2.05) is 0 Å². The molecule has 98 valence electrons. The molecule has 2 fully saturated rings.